The molecule has 1 unspecified atom stereocenters. The Morgan fingerprint density at radius 3 is 2.09 bits per heavy atom. The third-order valence-corrected chi connectivity index (χ3v) is 9.59. The molecule has 6 nitrogen and oxygen atoms in total. The lowest BCUT2D eigenvalue weighted by Crippen LogP contribution is -2.42. The molecule has 4 rings (SSSR count). The van der Waals surface area contributed by atoms with Gasteiger partial charge in [-0.3, -0.25) is 4.79 Å². The fourth-order valence-electron chi connectivity index (χ4n) is 5.52. The molecule has 0 aliphatic carbocycles. The van der Waals surface area contributed by atoms with E-state index in [1.54, 1.807) is 28.6 Å². The van der Waals surface area contributed by atoms with E-state index in [-0.39, 0.29) is 11.9 Å². The Balaban J connectivity index is 1.32. The fraction of sp³-hybridized carbons (Fsp3) is 0.720. The molecule has 3 saturated heterocycles. The predicted octanol–water partition coefficient (Wildman–Crippen LogP) is 3.98. The Morgan fingerprint density at radius 1 is 0.844 bits per heavy atom. The predicted molar refractivity (Wildman–Crippen MR) is 127 cm³/mol. The highest BCUT2D eigenvalue weighted by Gasteiger charge is 2.31. The van der Waals surface area contributed by atoms with E-state index in [2.05, 4.69) is 4.90 Å². The van der Waals surface area contributed by atoms with Crippen LogP contribution in [0.25, 0.3) is 0 Å². The molecule has 1 amide bonds. The third kappa shape index (κ3) is 5.54. The molecule has 7 heteroatoms. The first kappa shape index (κ1) is 23.7. The summed E-state index contributed by atoms with van der Waals surface area (Å²) in [4.78, 5) is 17.9. The van der Waals surface area contributed by atoms with Crippen LogP contribution in [0.1, 0.15) is 75.1 Å². The summed E-state index contributed by atoms with van der Waals surface area (Å²) in [6.07, 6.45) is 10.4. The summed E-state index contributed by atoms with van der Waals surface area (Å²) in [5, 5.41) is 0. The van der Waals surface area contributed by atoms with Gasteiger partial charge in [0.15, 0.2) is 0 Å². The Labute approximate surface area is 194 Å². The average molecular weight is 462 g/mol. The largest absolute Gasteiger partial charge is 0.339 e. The number of likely N-dealkylation sites (tertiary alicyclic amines) is 2. The van der Waals surface area contributed by atoms with Crippen LogP contribution in [0.15, 0.2) is 29.2 Å². The molecule has 0 radical (unpaired) electrons. The van der Waals surface area contributed by atoms with E-state index in [1.807, 2.05) is 11.8 Å². The Kier molecular flexibility index (Phi) is 7.90. The van der Waals surface area contributed by atoms with Gasteiger partial charge in [0.2, 0.25) is 10.0 Å². The second-order valence-corrected chi connectivity index (χ2v) is 11.8. The summed E-state index contributed by atoms with van der Waals surface area (Å²) >= 11 is 0. The molecular weight excluding hydrogens is 422 g/mol. The minimum Gasteiger partial charge on any atom is -0.339 e. The fourth-order valence-corrected chi connectivity index (χ4v) is 7.22. The smallest absolute Gasteiger partial charge is 0.253 e. The zero-order valence-corrected chi connectivity index (χ0v) is 20.4. The van der Waals surface area contributed by atoms with E-state index >= 15 is 0 Å². The summed E-state index contributed by atoms with van der Waals surface area (Å²) < 4.78 is 27.7. The lowest BCUT2D eigenvalue weighted by Gasteiger charge is -2.35. The van der Waals surface area contributed by atoms with Gasteiger partial charge in [-0.15, -0.1) is 0 Å². The second kappa shape index (κ2) is 10.7. The van der Waals surface area contributed by atoms with Crippen LogP contribution in [0.2, 0.25) is 0 Å². The van der Waals surface area contributed by atoms with Gasteiger partial charge in [-0.05, 0) is 88.7 Å². The van der Waals surface area contributed by atoms with E-state index in [0.29, 0.717) is 22.9 Å². The van der Waals surface area contributed by atoms with Crippen molar-refractivity contribution < 1.29 is 13.2 Å². The SMILES string of the molecule is CC1CCCCN1S(=O)(=O)c1ccc(C(=O)N2CCC(CN3CCCCCC3)CC2)cc1. The molecule has 1 aromatic rings. The molecule has 0 saturated carbocycles. The average Bonchev–Trinajstić information content (AvgIpc) is 3.08. The number of carbonyl (C=O) groups excluding carboxylic acids is 1. The highest BCUT2D eigenvalue weighted by molar-refractivity contribution is 7.89. The maximum Gasteiger partial charge on any atom is 0.253 e. The van der Waals surface area contributed by atoms with Crippen LogP contribution in [0.4, 0.5) is 0 Å². The van der Waals surface area contributed by atoms with Crippen molar-refractivity contribution in [2.75, 3.05) is 39.3 Å². The van der Waals surface area contributed by atoms with Crippen molar-refractivity contribution in [3.63, 3.8) is 0 Å². The van der Waals surface area contributed by atoms with Crippen molar-refractivity contribution in [1.29, 1.82) is 0 Å². The number of piperidine rings is 2. The summed E-state index contributed by atoms with van der Waals surface area (Å²) in [7, 11) is -3.50. The number of carbonyl (C=O) groups is 1. The summed E-state index contributed by atoms with van der Waals surface area (Å²) in [6.45, 7) is 7.77. The van der Waals surface area contributed by atoms with Crippen LogP contribution in [0.5, 0.6) is 0 Å². The molecule has 1 aromatic carbocycles. The summed E-state index contributed by atoms with van der Waals surface area (Å²) in [5.41, 5.74) is 0.585. The number of benzene rings is 1. The van der Waals surface area contributed by atoms with Gasteiger partial charge in [0.1, 0.15) is 0 Å². The third-order valence-electron chi connectivity index (χ3n) is 7.57. The van der Waals surface area contributed by atoms with Crippen molar-refractivity contribution in [3.8, 4) is 0 Å². The van der Waals surface area contributed by atoms with E-state index in [1.165, 1.54) is 45.3 Å². The summed E-state index contributed by atoms with van der Waals surface area (Å²) in [6, 6.07) is 6.62. The molecule has 3 aliphatic rings. The minimum absolute atomic E-state index is 0.0218. The molecule has 3 aliphatic heterocycles. The van der Waals surface area contributed by atoms with Gasteiger partial charge in [-0.25, -0.2) is 8.42 Å². The monoisotopic (exact) mass is 461 g/mol. The highest BCUT2D eigenvalue weighted by atomic mass is 32.2. The van der Waals surface area contributed by atoms with Gasteiger partial charge in [0, 0.05) is 37.8 Å². The Hall–Kier alpha value is -1.44. The Bertz CT molecular complexity index is 855. The molecule has 0 bridgehead atoms. The molecule has 0 aromatic heterocycles. The van der Waals surface area contributed by atoms with Gasteiger partial charge < -0.3 is 9.80 Å². The number of amides is 1. The van der Waals surface area contributed by atoms with E-state index in [9.17, 15) is 13.2 Å². The summed E-state index contributed by atoms with van der Waals surface area (Å²) in [5.74, 6) is 0.699. The van der Waals surface area contributed by atoms with Crippen LogP contribution in [0.3, 0.4) is 0 Å². The molecular formula is C25H39N3O3S. The Morgan fingerprint density at radius 2 is 1.47 bits per heavy atom. The minimum atomic E-state index is -3.50. The van der Waals surface area contributed by atoms with Crippen molar-refractivity contribution in [1.82, 2.24) is 14.1 Å². The van der Waals surface area contributed by atoms with Gasteiger partial charge in [-0.1, -0.05) is 19.3 Å². The van der Waals surface area contributed by atoms with E-state index in [4.69, 9.17) is 0 Å². The van der Waals surface area contributed by atoms with Crippen molar-refractivity contribution in [3.05, 3.63) is 29.8 Å². The van der Waals surface area contributed by atoms with Crippen molar-refractivity contribution in [2.24, 2.45) is 5.92 Å². The molecule has 3 heterocycles. The maximum atomic E-state index is 13.0. The first-order chi connectivity index (χ1) is 15.4. The number of hydrogen-bond acceptors (Lipinski definition) is 4. The van der Waals surface area contributed by atoms with Gasteiger partial charge in [0.05, 0.1) is 4.90 Å². The molecule has 1 atom stereocenters. The standard InChI is InChI=1S/C25H39N3O3S/c1-21-8-4-7-17-28(21)32(30,31)24-11-9-23(10-12-24)25(29)27-18-13-22(14-19-27)20-26-15-5-2-3-6-16-26/h9-12,21-22H,2-8,13-20H2,1H3. The number of nitrogens with zero attached hydrogens (tertiary/aromatic N) is 3. The first-order valence-electron chi connectivity index (χ1n) is 12.6. The normalized spacial score (nSPS) is 24.9. The zero-order valence-electron chi connectivity index (χ0n) is 19.5. The van der Waals surface area contributed by atoms with Crippen LogP contribution < -0.4 is 0 Å². The lowest BCUT2D eigenvalue weighted by atomic mass is 9.95. The van der Waals surface area contributed by atoms with Crippen molar-refractivity contribution in [2.45, 2.75) is 75.6 Å². The topological polar surface area (TPSA) is 60.9 Å². The molecule has 178 valence electrons. The molecule has 0 spiro atoms. The first-order valence-corrected chi connectivity index (χ1v) is 14.0. The van der Waals surface area contributed by atoms with E-state index < -0.39 is 10.0 Å². The second-order valence-electron chi connectivity index (χ2n) is 9.94. The van der Waals surface area contributed by atoms with E-state index in [0.717, 1.165) is 45.2 Å². The molecule has 32 heavy (non-hydrogen) atoms. The number of rotatable bonds is 5. The van der Waals surface area contributed by atoms with Gasteiger partial charge in [0.25, 0.3) is 5.91 Å². The zero-order chi connectivity index (χ0) is 22.6. The highest BCUT2D eigenvalue weighted by Crippen LogP contribution is 2.26. The van der Waals surface area contributed by atoms with Gasteiger partial charge >= 0.3 is 0 Å². The lowest BCUT2D eigenvalue weighted by molar-refractivity contribution is 0.0668. The van der Waals surface area contributed by atoms with Crippen LogP contribution in [-0.4, -0.2) is 73.7 Å². The van der Waals surface area contributed by atoms with Crippen LogP contribution in [0, 0.1) is 5.92 Å². The van der Waals surface area contributed by atoms with Crippen molar-refractivity contribution >= 4 is 15.9 Å². The molecule has 3 fully saturated rings. The number of sulfonamides is 1. The molecule has 0 N–H and O–H groups in total. The number of hydrogen-bond donors (Lipinski definition) is 0. The van der Waals surface area contributed by atoms with Crippen LogP contribution >= 0.6 is 0 Å². The maximum absolute atomic E-state index is 13.0. The van der Waals surface area contributed by atoms with Crippen LogP contribution in [-0.2, 0) is 10.0 Å². The quantitative estimate of drug-likeness (QED) is 0.666. The van der Waals surface area contributed by atoms with Gasteiger partial charge in [-0.2, -0.15) is 4.31 Å².